The van der Waals surface area contributed by atoms with Gasteiger partial charge in [-0.1, -0.05) is 34.6 Å². The van der Waals surface area contributed by atoms with Crippen molar-refractivity contribution in [3.63, 3.8) is 0 Å². The van der Waals surface area contributed by atoms with Gasteiger partial charge in [0.1, 0.15) is 0 Å². The fourth-order valence-corrected chi connectivity index (χ4v) is 2.78. The highest BCUT2D eigenvalue weighted by Crippen LogP contribution is 2.23. The molecular formula is C17H18N4O3. The molecule has 0 saturated carbocycles. The molecule has 1 aromatic carbocycles. The number of nitrogens with zero attached hydrogens (tertiary/aromatic N) is 4. The molecule has 3 aromatic rings. The van der Waals surface area contributed by atoms with Gasteiger partial charge in [-0.2, -0.15) is 9.97 Å². The van der Waals surface area contributed by atoms with Gasteiger partial charge >= 0.3 is 0 Å². The van der Waals surface area contributed by atoms with Crippen LogP contribution in [-0.4, -0.2) is 33.5 Å². The molecule has 7 heteroatoms. The fraction of sp³-hybridized carbons (Fsp3) is 0.412. The van der Waals surface area contributed by atoms with Crippen LogP contribution in [0.3, 0.4) is 0 Å². The zero-order valence-corrected chi connectivity index (χ0v) is 13.4. The first-order valence-corrected chi connectivity index (χ1v) is 8.08. The van der Waals surface area contributed by atoms with Crippen LogP contribution in [0.15, 0.2) is 33.3 Å². The first kappa shape index (κ1) is 15.0. The predicted molar refractivity (Wildman–Crippen MR) is 84.4 cm³/mol. The van der Waals surface area contributed by atoms with Crippen LogP contribution in [0.1, 0.15) is 35.5 Å². The molecule has 2 aromatic heterocycles. The number of benzene rings is 1. The van der Waals surface area contributed by atoms with Gasteiger partial charge in [0, 0.05) is 30.9 Å². The number of rotatable bonds is 5. The largest absolute Gasteiger partial charge is 0.381 e. The van der Waals surface area contributed by atoms with E-state index >= 15 is 0 Å². The molecule has 0 spiro atoms. The zero-order chi connectivity index (χ0) is 16.4. The van der Waals surface area contributed by atoms with Crippen LogP contribution in [0.2, 0.25) is 0 Å². The summed E-state index contributed by atoms with van der Waals surface area (Å²) in [5.41, 5.74) is 2.10. The van der Waals surface area contributed by atoms with E-state index in [4.69, 9.17) is 13.8 Å². The highest BCUT2D eigenvalue weighted by molar-refractivity contribution is 5.58. The summed E-state index contributed by atoms with van der Waals surface area (Å²) >= 11 is 0. The van der Waals surface area contributed by atoms with Gasteiger partial charge in [0.25, 0.3) is 0 Å². The van der Waals surface area contributed by atoms with Crippen molar-refractivity contribution in [3.8, 4) is 11.4 Å². The number of hydrogen-bond donors (Lipinski definition) is 0. The molecule has 1 aliphatic heterocycles. The third kappa shape index (κ3) is 3.07. The monoisotopic (exact) mass is 326 g/mol. The number of aromatic nitrogens is 4. The maximum absolute atomic E-state index is 5.35. The molecular weight excluding hydrogens is 308 g/mol. The van der Waals surface area contributed by atoms with Gasteiger partial charge in [0.15, 0.2) is 5.82 Å². The quantitative estimate of drug-likeness (QED) is 0.712. The van der Waals surface area contributed by atoms with Crippen LogP contribution in [0.5, 0.6) is 0 Å². The minimum atomic E-state index is 0.249. The number of ether oxygens (including phenoxy) is 1. The third-order valence-corrected chi connectivity index (χ3v) is 4.19. The van der Waals surface area contributed by atoms with Crippen molar-refractivity contribution in [2.24, 2.45) is 0 Å². The minimum absolute atomic E-state index is 0.249. The molecule has 0 aliphatic carbocycles. The molecule has 3 heterocycles. The smallest absolute Gasteiger partial charge is 0.227 e. The molecule has 1 atom stereocenters. The summed E-state index contributed by atoms with van der Waals surface area (Å²) in [4.78, 5) is 8.89. The Morgan fingerprint density at radius 1 is 1.04 bits per heavy atom. The Balaban J connectivity index is 1.41. The molecule has 124 valence electrons. The molecule has 0 bridgehead atoms. The maximum Gasteiger partial charge on any atom is 0.227 e. The lowest BCUT2D eigenvalue weighted by atomic mass is 10.1. The van der Waals surface area contributed by atoms with E-state index in [1.807, 2.05) is 31.2 Å². The second-order valence-electron chi connectivity index (χ2n) is 5.93. The maximum atomic E-state index is 5.35. The lowest BCUT2D eigenvalue weighted by molar-refractivity contribution is 0.192. The Hall–Kier alpha value is -2.54. The van der Waals surface area contributed by atoms with Crippen LogP contribution < -0.4 is 0 Å². The summed E-state index contributed by atoms with van der Waals surface area (Å²) in [6.45, 7) is 3.46. The number of aryl methyl sites for hydroxylation is 3. The molecule has 0 unspecified atom stereocenters. The van der Waals surface area contributed by atoms with Crippen LogP contribution in [0, 0.1) is 6.92 Å². The lowest BCUT2D eigenvalue weighted by Gasteiger charge is -1.98. The van der Waals surface area contributed by atoms with E-state index in [0.717, 1.165) is 30.0 Å². The van der Waals surface area contributed by atoms with Gasteiger partial charge in [-0.25, -0.2) is 0 Å². The van der Waals surface area contributed by atoms with Crippen molar-refractivity contribution in [2.45, 2.75) is 32.1 Å². The summed E-state index contributed by atoms with van der Waals surface area (Å²) in [6.07, 6.45) is 2.10. The topological polar surface area (TPSA) is 87.1 Å². The average Bonchev–Trinajstić information content (AvgIpc) is 3.34. The molecule has 24 heavy (non-hydrogen) atoms. The Kier molecular flexibility index (Phi) is 4.08. The summed E-state index contributed by atoms with van der Waals surface area (Å²) in [5.74, 6) is 2.74. The third-order valence-electron chi connectivity index (χ3n) is 4.19. The fourth-order valence-electron chi connectivity index (χ4n) is 2.78. The highest BCUT2D eigenvalue weighted by Gasteiger charge is 2.23. The van der Waals surface area contributed by atoms with Crippen LogP contribution in [0.25, 0.3) is 11.4 Å². The second-order valence-corrected chi connectivity index (χ2v) is 5.93. The summed E-state index contributed by atoms with van der Waals surface area (Å²) < 4.78 is 16.0. The highest BCUT2D eigenvalue weighted by atomic mass is 16.5. The van der Waals surface area contributed by atoms with Gasteiger partial charge in [-0.05, 0) is 18.9 Å². The van der Waals surface area contributed by atoms with Crippen molar-refractivity contribution in [2.75, 3.05) is 13.2 Å². The lowest BCUT2D eigenvalue weighted by Crippen LogP contribution is -2.00. The van der Waals surface area contributed by atoms with Crippen molar-refractivity contribution in [1.29, 1.82) is 0 Å². The molecule has 0 amide bonds. The normalized spacial score (nSPS) is 17.5. The van der Waals surface area contributed by atoms with E-state index in [2.05, 4.69) is 20.3 Å². The van der Waals surface area contributed by atoms with Crippen LogP contribution in [-0.2, 0) is 17.6 Å². The van der Waals surface area contributed by atoms with Crippen molar-refractivity contribution >= 4 is 0 Å². The van der Waals surface area contributed by atoms with E-state index in [1.165, 1.54) is 0 Å². The van der Waals surface area contributed by atoms with Gasteiger partial charge in [0.05, 0.1) is 6.61 Å². The average molecular weight is 326 g/mol. The Morgan fingerprint density at radius 3 is 2.62 bits per heavy atom. The van der Waals surface area contributed by atoms with Crippen LogP contribution >= 0.6 is 0 Å². The van der Waals surface area contributed by atoms with Crippen molar-refractivity contribution in [1.82, 2.24) is 20.3 Å². The SMILES string of the molecule is Cc1ccccc1-c1noc(CCc2nc([C@H]3CCOC3)no2)n1. The summed E-state index contributed by atoms with van der Waals surface area (Å²) in [5, 5.41) is 8.10. The first-order valence-electron chi connectivity index (χ1n) is 8.08. The molecule has 7 nitrogen and oxygen atoms in total. The van der Waals surface area contributed by atoms with Gasteiger partial charge in [-0.15, -0.1) is 0 Å². The van der Waals surface area contributed by atoms with Crippen LogP contribution in [0.4, 0.5) is 0 Å². The van der Waals surface area contributed by atoms with E-state index in [1.54, 1.807) is 0 Å². The summed E-state index contributed by atoms with van der Waals surface area (Å²) in [7, 11) is 0. The van der Waals surface area contributed by atoms with Crippen molar-refractivity contribution in [3.05, 3.63) is 47.4 Å². The molecule has 0 radical (unpaired) electrons. The van der Waals surface area contributed by atoms with E-state index in [9.17, 15) is 0 Å². The molecule has 1 fully saturated rings. The number of hydrogen-bond acceptors (Lipinski definition) is 7. The van der Waals surface area contributed by atoms with E-state index < -0.39 is 0 Å². The van der Waals surface area contributed by atoms with Gasteiger partial charge in [-0.3, -0.25) is 0 Å². The zero-order valence-electron chi connectivity index (χ0n) is 13.4. The van der Waals surface area contributed by atoms with Gasteiger partial charge < -0.3 is 13.8 Å². The molecule has 4 rings (SSSR count). The van der Waals surface area contributed by atoms with E-state index in [0.29, 0.717) is 37.1 Å². The Bertz CT molecular complexity index is 821. The molecule has 1 saturated heterocycles. The van der Waals surface area contributed by atoms with Crippen molar-refractivity contribution < 1.29 is 13.8 Å². The molecule has 0 N–H and O–H groups in total. The summed E-state index contributed by atoms with van der Waals surface area (Å²) in [6, 6.07) is 7.96. The Morgan fingerprint density at radius 2 is 1.83 bits per heavy atom. The van der Waals surface area contributed by atoms with Gasteiger partial charge in [0.2, 0.25) is 17.6 Å². The second kappa shape index (κ2) is 6.52. The Labute approximate surface area is 139 Å². The minimum Gasteiger partial charge on any atom is -0.381 e. The first-order chi connectivity index (χ1) is 11.8. The predicted octanol–water partition coefficient (Wildman–Crippen LogP) is 2.72. The molecule has 1 aliphatic rings. The van der Waals surface area contributed by atoms with E-state index in [-0.39, 0.29) is 5.92 Å². The standard InChI is InChI=1S/C17H18N4O3/c1-11-4-2-3-5-13(11)17-19-15(24-21-17)7-6-14-18-16(20-23-14)12-8-9-22-10-12/h2-5,12H,6-10H2,1H3/t12-/m0/s1.